The maximum Gasteiger partial charge on any atom is 0.343 e. The summed E-state index contributed by atoms with van der Waals surface area (Å²) in [5.74, 6) is -0.143. The molecule has 1 amide bonds. The van der Waals surface area contributed by atoms with Crippen molar-refractivity contribution in [1.29, 1.82) is 0 Å². The van der Waals surface area contributed by atoms with Crippen molar-refractivity contribution in [2.45, 2.75) is 45.8 Å². The Kier molecular flexibility index (Phi) is 6.62. The van der Waals surface area contributed by atoms with E-state index in [0.717, 1.165) is 12.0 Å². The molecule has 5 nitrogen and oxygen atoms in total. The average Bonchev–Trinajstić information content (AvgIpc) is 2.92. The third kappa shape index (κ3) is 3.74. The van der Waals surface area contributed by atoms with E-state index in [1.54, 1.807) is 13.8 Å². The first-order valence-corrected chi connectivity index (χ1v) is 10.3. The summed E-state index contributed by atoms with van der Waals surface area (Å²) >= 11 is 0. The fourth-order valence-electron chi connectivity index (χ4n) is 3.38. The molecular weight excluding hydrogens is 325 g/mol. The van der Waals surface area contributed by atoms with E-state index in [4.69, 9.17) is 9.05 Å². The first kappa shape index (κ1) is 19.2. The van der Waals surface area contributed by atoms with E-state index in [1.807, 2.05) is 49.1 Å². The third-order valence-corrected chi connectivity index (χ3v) is 7.21. The molecule has 1 fully saturated rings. The summed E-state index contributed by atoms with van der Waals surface area (Å²) in [6, 6.07) is 9.85. The van der Waals surface area contributed by atoms with Gasteiger partial charge >= 0.3 is 7.60 Å². The van der Waals surface area contributed by atoms with E-state index in [9.17, 15) is 9.36 Å². The van der Waals surface area contributed by atoms with Crippen molar-refractivity contribution in [3.8, 4) is 0 Å². The second-order valence-electron chi connectivity index (χ2n) is 6.07. The molecule has 1 aromatic rings. The van der Waals surface area contributed by atoms with Crippen LogP contribution in [-0.4, -0.2) is 36.2 Å². The fourth-order valence-corrected chi connectivity index (χ4v) is 5.73. The number of carbonyl (C=O) groups is 1. The van der Waals surface area contributed by atoms with Gasteiger partial charge in [-0.2, -0.15) is 0 Å². The van der Waals surface area contributed by atoms with Gasteiger partial charge in [0.25, 0.3) is 0 Å². The lowest BCUT2D eigenvalue weighted by Crippen LogP contribution is -2.32. The first-order chi connectivity index (χ1) is 11.5. The van der Waals surface area contributed by atoms with Gasteiger partial charge in [-0.25, -0.2) is 0 Å². The van der Waals surface area contributed by atoms with Gasteiger partial charge in [-0.05, 0) is 32.3 Å². The Morgan fingerprint density at radius 1 is 1.17 bits per heavy atom. The van der Waals surface area contributed by atoms with Crippen LogP contribution < -0.4 is 0 Å². The maximum absolute atomic E-state index is 13.2. The Balaban J connectivity index is 2.30. The molecule has 0 radical (unpaired) electrons. The van der Waals surface area contributed by atoms with Crippen molar-refractivity contribution in [1.82, 2.24) is 4.90 Å². The molecule has 0 saturated carbocycles. The number of nitrogens with zero attached hydrogens (tertiary/aromatic N) is 1. The van der Waals surface area contributed by atoms with Gasteiger partial charge in [0.2, 0.25) is 5.91 Å². The van der Waals surface area contributed by atoms with Crippen molar-refractivity contribution in [2.24, 2.45) is 5.92 Å². The zero-order chi connectivity index (χ0) is 17.7. The Labute approximate surface area is 144 Å². The predicted molar refractivity (Wildman–Crippen MR) is 95.0 cm³/mol. The van der Waals surface area contributed by atoms with E-state index < -0.39 is 13.3 Å². The van der Waals surface area contributed by atoms with Crippen LogP contribution >= 0.6 is 7.60 Å². The van der Waals surface area contributed by atoms with Gasteiger partial charge in [0.05, 0.1) is 19.3 Å². The van der Waals surface area contributed by atoms with Gasteiger partial charge in [0.15, 0.2) is 0 Å². The minimum absolute atomic E-state index is 0.0207. The minimum atomic E-state index is -3.46. The van der Waals surface area contributed by atoms with E-state index in [-0.39, 0.29) is 31.1 Å². The molecule has 134 valence electrons. The Morgan fingerprint density at radius 3 is 2.25 bits per heavy atom. The number of likely N-dealkylation sites (tertiary alicyclic amines) is 1. The topological polar surface area (TPSA) is 55.8 Å². The largest absolute Gasteiger partial charge is 0.343 e. The Hall–Kier alpha value is -1.16. The highest BCUT2D eigenvalue weighted by Gasteiger charge is 2.53. The molecule has 1 aliphatic rings. The highest BCUT2D eigenvalue weighted by molar-refractivity contribution is 7.55. The van der Waals surface area contributed by atoms with E-state index >= 15 is 0 Å². The van der Waals surface area contributed by atoms with Gasteiger partial charge in [0.1, 0.15) is 5.66 Å². The highest BCUT2D eigenvalue weighted by Crippen LogP contribution is 2.59. The highest BCUT2D eigenvalue weighted by atomic mass is 31.2. The molecule has 0 unspecified atom stereocenters. The van der Waals surface area contributed by atoms with Crippen LogP contribution in [-0.2, 0) is 18.4 Å². The molecule has 0 spiro atoms. The lowest BCUT2D eigenvalue weighted by molar-refractivity contribution is -0.129. The van der Waals surface area contributed by atoms with Gasteiger partial charge in [0, 0.05) is 6.54 Å². The summed E-state index contributed by atoms with van der Waals surface area (Å²) < 4.78 is 24.2. The normalized spacial score (nSPS) is 22.8. The van der Waals surface area contributed by atoms with Crippen molar-refractivity contribution in [3.05, 3.63) is 35.9 Å². The number of hydrogen-bond donors (Lipinski definition) is 0. The van der Waals surface area contributed by atoms with Crippen LogP contribution in [0.25, 0.3) is 0 Å². The summed E-state index contributed by atoms with van der Waals surface area (Å²) in [6.45, 7) is 8.70. The summed E-state index contributed by atoms with van der Waals surface area (Å²) in [7, 11) is -3.46. The molecule has 0 aliphatic carbocycles. The van der Waals surface area contributed by atoms with Crippen molar-refractivity contribution < 1.29 is 18.4 Å². The number of hydrogen-bond acceptors (Lipinski definition) is 4. The smallest absolute Gasteiger partial charge is 0.335 e. The summed E-state index contributed by atoms with van der Waals surface area (Å²) in [5, 5.41) is 0. The average molecular weight is 353 g/mol. The molecular formula is C18H28NO4P. The van der Waals surface area contributed by atoms with E-state index in [0.29, 0.717) is 6.54 Å². The molecule has 0 bridgehead atoms. The van der Waals surface area contributed by atoms with E-state index in [1.165, 1.54) is 0 Å². The van der Waals surface area contributed by atoms with Crippen molar-refractivity contribution in [2.75, 3.05) is 19.8 Å². The van der Waals surface area contributed by atoms with Crippen LogP contribution in [0, 0.1) is 5.92 Å². The van der Waals surface area contributed by atoms with E-state index in [2.05, 4.69) is 0 Å². The summed E-state index contributed by atoms with van der Waals surface area (Å²) in [5.41, 5.74) is 0.373. The minimum Gasteiger partial charge on any atom is -0.335 e. The second-order valence-corrected chi connectivity index (χ2v) is 8.22. The Bertz CT molecular complexity index is 582. The van der Waals surface area contributed by atoms with Gasteiger partial charge in [-0.15, -0.1) is 0 Å². The molecule has 2 rings (SSSR count). The lowest BCUT2D eigenvalue weighted by atomic mass is 10.1. The molecule has 0 aromatic heterocycles. The number of rotatable bonds is 8. The summed E-state index contributed by atoms with van der Waals surface area (Å²) in [4.78, 5) is 14.9. The molecule has 1 heterocycles. The summed E-state index contributed by atoms with van der Waals surface area (Å²) in [6.07, 6.45) is 0.762. The molecule has 6 heteroatoms. The van der Waals surface area contributed by atoms with Crippen LogP contribution in [0.3, 0.4) is 0 Å². The molecule has 1 aliphatic heterocycles. The molecule has 1 saturated heterocycles. The molecule has 0 N–H and O–H groups in total. The van der Waals surface area contributed by atoms with Crippen molar-refractivity contribution >= 4 is 13.5 Å². The standard InChI is InChI=1S/C18H28NO4P/c1-5-15-13-19(14(4)16-11-9-8-10-12-16)18(20)17(15)24(21,22-6-2)23-7-3/h8-12,14-15,17H,5-7,13H2,1-4H3/t14-,15-,17+/m0/s1. The maximum atomic E-state index is 13.2. The van der Waals surface area contributed by atoms with Crippen LogP contribution in [0.5, 0.6) is 0 Å². The number of amides is 1. The van der Waals surface area contributed by atoms with Crippen LogP contribution in [0.1, 0.15) is 45.7 Å². The van der Waals surface area contributed by atoms with Crippen LogP contribution in [0.15, 0.2) is 30.3 Å². The van der Waals surface area contributed by atoms with Gasteiger partial charge in [-0.3, -0.25) is 9.36 Å². The van der Waals surface area contributed by atoms with Crippen LogP contribution in [0.2, 0.25) is 0 Å². The quantitative estimate of drug-likeness (QED) is 0.656. The molecule has 1 aromatic carbocycles. The van der Waals surface area contributed by atoms with Crippen molar-refractivity contribution in [3.63, 3.8) is 0 Å². The first-order valence-electron chi connectivity index (χ1n) is 8.72. The third-order valence-electron chi connectivity index (χ3n) is 4.65. The SMILES string of the molecule is CCOP(=O)(OCC)[C@H]1C(=O)N([C@@H](C)c2ccccc2)C[C@@H]1CC. The van der Waals surface area contributed by atoms with Gasteiger partial charge < -0.3 is 13.9 Å². The number of carbonyl (C=O) groups excluding carboxylic acids is 1. The zero-order valence-corrected chi connectivity index (χ0v) is 15.9. The lowest BCUT2D eigenvalue weighted by Gasteiger charge is -2.27. The predicted octanol–water partition coefficient (Wildman–Crippen LogP) is 4.25. The Morgan fingerprint density at radius 2 is 1.75 bits per heavy atom. The second kappa shape index (κ2) is 8.28. The monoisotopic (exact) mass is 353 g/mol. The van der Waals surface area contributed by atoms with Gasteiger partial charge in [-0.1, -0.05) is 43.7 Å². The fraction of sp³-hybridized carbons (Fsp3) is 0.611. The molecule has 24 heavy (non-hydrogen) atoms. The zero-order valence-electron chi connectivity index (χ0n) is 15.0. The molecule has 3 atom stereocenters. The number of benzene rings is 1. The van der Waals surface area contributed by atoms with Crippen LogP contribution in [0.4, 0.5) is 0 Å².